The molecule has 0 aliphatic carbocycles. The van der Waals surface area contributed by atoms with Crippen molar-refractivity contribution >= 4 is 22.9 Å². The van der Waals surface area contributed by atoms with Gasteiger partial charge >= 0.3 is 11.9 Å². The van der Waals surface area contributed by atoms with Gasteiger partial charge in [0.05, 0.1) is 28.6 Å². The number of hydrogen-bond acceptors (Lipinski definition) is 7. The molecule has 0 bridgehead atoms. The van der Waals surface area contributed by atoms with Gasteiger partial charge in [0.25, 0.3) is 0 Å². The topological polar surface area (TPSA) is 100 Å². The van der Waals surface area contributed by atoms with E-state index in [0.717, 1.165) is 38.0 Å². The molecular formula is C35H40N2O6. The maximum Gasteiger partial charge on any atom is 0.337 e. The van der Waals surface area contributed by atoms with E-state index >= 15 is 0 Å². The molecule has 8 nitrogen and oxygen atoms in total. The Morgan fingerprint density at radius 3 is 2.26 bits per heavy atom. The van der Waals surface area contributed by atoms with E-state index < -0.39 is 24.0 Å². The van der Waals surface area contributed by atoms with E-state index in [1.807, 2.05) is 42.2 Å². The molecule has 226 valence electrons. The molecule has 0 saturated carbocycles. The van der Waals surface area contributed by atoms with Gasteiger partial charge in [0, 0.05) is 41.2 Å². The Morgan fingerprint density at radius 1 is 0.930 bits per heavy atom. The van der Waals surface area contributed by atoms with E-state index in [1.165, 1.54) is 6.42 Å². The van der Waals surface area contributed by atoms with Crippen LogP contribution in [0.25, 0.3) is 22.3 Å². The van der Waals surface area contributed by atoms with Crippen molar-refractivity contribution in [1.82, 2.24) is 9.80 Å². The van der Waals surface area contributed by atoms with Crippen LogP contribution in [-0.2, 0) is 14.3 Å². The monoisotopic (exact) mass is 584 g/mol. The van der Waals surface area contributed by atoms with Gasteiger partial charge in [-0.05, 0) is 66.6 Å². The number of carboxylic acid groups (broad SMARTS) is 1. The molecule has 0 amide bonds. The second kappa shape index (κ2) is 12.6. The predicted molar refractivity (Wildman–Crippen MR) is 167 cm³/mol. The lowest BCUT2D eigenvalue weighted by molar-refractivity contribution is -0.143. The normalized spacial score (nSPS) is 18.1. The number of rotatable bonds is 8. The van der Waals surface area contributed by atoms with E-state index in [4.69, 9.17) is 9.15 Å². The third-order valence-corrected chi connectivity index (χ3v) is 8.57. The molecule has 0 spiro atoms. The summed E-state index contributed by atoms with van der Waals surface area (Å²) in [5, 5.41) is 11.0. The number of nitrogens with zero attached hydrogens (tertiary/aromatic N) is 2. The summed E-state index contributed by atoms with van der Waals surface area (Å²) in [5.41, 5.74) is 3.20. The molecular weight excluding hydrogens is 544 g/mol. The molecule has 1 N–H and O–H groups in total. The van der Waals surface area contributed by atoms with Crippen molar-refractivity contribution < 1.29 is 23.8 Å². The van der Waals surface area contributed by atoms with Crippen LogP contribution in [0.3, 0.4) is 0 Å². The number of carbonyl (C=O) groups is 2. The van der Waals surface area contributed by atoms with Crippen molar-refractivity contribution in [2.75, 3.05) is 26.2 Å². The number of aliphatic carboxylic acids is 1. The number of fused-ring (bicyclic) bond motifs is 1. The Labute approximate surface area is 252 Å². The van der Waals surface area contributed by atoms with Crippen LogP contribution in [-0.4, -0.2) is 59.1 Å². The predicted octanol–water partition coefficient (Wildman–Crippen LogP) is 6.24. The minimum atomic E-state index is -1.14. The number of hydrogen-bond donors (Lipinski definition) is 1. The molecule has 1 saturated heterocycles. The molecule has 1 unspecified atom stereocenters. The van der Waals surface area contributed by atoms with Crippen LogP contribution in [0, 0.1) is 6.92 Å². The quantitative estimate of drug-likeness (QED) is 0.311. The highest BCUT2D eigenvalue weighted by Gasteiger charge is 2.41. The second-order valence-corrected chi connectivity index (χ2v) is 11.7. The molecule has 3 heterocycles. The fraction of sp³-hybridized carbons (Fsp3) is 0.400. The standard InChI is InChI=1S/C35H40N2O6/c1-21(2)42-35(41)29-24(5)37(20-19-36-17-10-7-11-18-36)23(4)28(34(39)40)30(29)26-15-12-16-27-31(38)22(3)32(43-33(26)27)25-13-8-6-9-14-25/h6,8-9,12-16,21,30H,7,10-11,17-20H2,1-5H3,(H,39,40). The zero-order chi connectivity index (χ0) is 30.8. The summed E-state index contributed by atoms with van der Waals surface area (Å²) < 4.78 is 12.2. The van der Waals surface area contributed by atoms with Gasteiger partial charge in [-0.25, -0.2) is 9.59 Å². The Balaban J connectivity index is 1.72. The van der Waals surface area contributed by atoms with Gasteiger partial charge in [-0.3, -0.25) is 4.79 Å². The number of para-hydroxylation sites is 1. The first-order valence-electron chi connectivity index (χ1n) is 15.1. The zero-order valence-corrected chi connectivity index (χ0v) is 25.6. The van der Waals surface area contributed by atoms with Gasteiger partial charge < -0.3 is 24.1 Å². The third kappa shape index (κ3) is 5.89. The number of piperidine rings is 1. The van der Waals surface area contributed by atoms with Crippen LogP contribution in [0.1, 0.15) is 64.0 Å². The van der Waals surface area contributed by atoms with Gasteiger partial charge in [0.15, 0.2) is 5.43 Å². The molecule has 2 aromatic carbocycles. The van der Waals surface area contributed by atoms with Gasteiger partial charge in [0.2, 0.25) is 0 Å². The first-order valence-corrected chi connectivity index (χ1v) is 15.1. The summed E-state index contributed by atoms with van der Waals surface area (Å²) in [7, 11) is 0. The number of likely N-dealkylation sites (tertiary alicyclic amines) is 1. The van der Waals surface area contributed by atoms with Crippen molar-refractivity contribution in [3.05, 3.63) is 92.4 Å². The molecule has 43 heavy (non-hydrogen) atoms. The van der Waals surface area contributed by atoms with Crippen molar-refractivity contribution in [3.8, 4) is 11.3 Å². The largest absolute Gasteiger partial charge is 0.478 e. The molecule has 1 fully saturated rings. The van der Waals surface area contributed by atoms with E-state index in [1.54, 1.807) is 45.9 Å². The molecule has 1 aromatic heterocycles. The van der Waals surface area contributed by atoms with Crippen LogP contribution >= 0.6 is 0 Å². The zero-order valence-electron chi connectivity index (χ0n) is 25.6. The smallest absolute Gasteiger partial charge is 0.337 e. The average molecular weight is 585 g/mol. The molecule has 3 aromatic rings. The maximum atomic E-state index is 13.8. The van der Waals surface area contributed by atoms with Crippen LogP contribution < -0.4 is 5.43 Å². The average Bonchev–Trinajstić information content (AvgIpc) is 2.98. The summed E-state index contributed by atoms with van der Waals surface area (Å²) in [4.78, 5) is 44.9. The fourth-order valence-corrected chi connectivity index (χ4v) is 6.42. The highest BCUT2D eigenvalue weighted by Crippen LogP contribution is 2.45. The second-order valence-electron chi connectivity index (χ2n) is 11.7. The first kappa shape index (κ1) is 30.3. The third-order valence-electron chi connectivity index (χ3n) is 8.57. The Bertz CT molecular complexity index is 1660. The Morgan fingerprint density at radius 2 is 1.60 bits per heavy atom. The number of carbonyl (C=O) groups excluding carboxylic acids is 1. The van der Waals surface area contributed by atoms with Crippen molar-refractivity contribution in [3.63, 3.8) is 0 Å². The number of ether oxygens (including phenoxy) is 1. The van der Waals surface area contributed by atoms with Gasteiger partial charge in [-0.15, -0.1) is 0 Å². The number of carboxylic acids is 1. The molecule has 2 aliphatic heterocycles. The van der Waals surface area contributed by atoms with Gasteiger partial charge in [-0.2, -0.15) is 0 Å². The number of allylic oxidation sites excluding steroid dienone is 2. The van der Waals surface area contributed by atoms with Crippen molar-refractivity contribution in [2.24, 2.45) is 0 Å². The Hall–Kier alpha value is -4.17. The SMILES string of the molecule is CC1=C(C(=O)O)C(c2cccc3c(=O)c(C)c(-c4ccccc4)oc23)C(C(=O)OC(C)C)=C(C)N1CCN1CCCCC1. The van der Waals surface area contributed by atoms with Crippen LogP contribution in [0.5, 0.6) is 0 Å². The minimum absolute atomic E-state index is 0.0666. The maximum absolute atomic E-state index is 13.8. The fourth-order valence-electron chi connectivity index (χ4n) is 6.42. The number of esters is 1. The van der Waals surface area contributed by atoms with E-state index in [-0.39, 0.29) is 22.2 Å². The molecule has 2 aliphatic rings. The Kier molecular flexibility index (Phi) is 8.87. The lowest BCUT2D eigenvalue weighted by atomic mass is 9.79. The van der Waals surface area contributed by atoms with Crippen LogP contribution in [0.2, 0.25) is 0 Å². The summed E-state index contributed by atoms with van der Waals surface area (Å²) in [6.45, 7) is 12.2. The lowest BCUT2D eigenvalue weighted by Crippen LogP contribution is -2.40. The highest BCUT2D eigenvalue weighted by atomic mass is 16.5. The van der Waals surface area contributed by atoms with Gasteiger partial charge in [0.1, 0.15) is 11.3 Å². The summed E-state index contributed by atoms with van der Waals surface area (Å²) in [6.07, 6.45) is 3.11. The van der Waals surface area contributed by atoms with E-state index in [2.05, 4.69) is 4.90 Å². The van der Waals surface area contributed by atoms with E-state index in [9.17, 15) is 19.5 Å². The van der Waals surface area contributed by atoms with Crippen LogP contribution in [0.15, 0.2) is 80.3 Å². The van der Waals surface area contributed by atoms with Crippen molar-refractivity contribution in [1.29, 1.82) is 0 Å². The van der Waals surface area contributed by atoms with Crippen molar-refractivity contribution in [2.45, 2.75) is 65.9 Å². The summed E-state index contributed by atoms with van der Waals surface area (Å²) in [6, 6.07) is 14.5. The summed E-state index contributed by atoms with van der Waals surface area (Å²) in [5.74, 6) is -2.31. The molecule has 1 atom stereocenters. The number of benzene rings is 2. The first-order chi connectivity index (χ1) is 20.6. The minimum Gasteiger partial charge on any atom is -0.478 e. The van der Waals surface area contributed by atoms with Crippen LogP contribution in [0.4, 0.5) is 0 Å². The van der Waals surface area contributed by atoms with Gasteiger partial charge in [-0.1, -0.05) is 48.9 Å². The lowest BCUT2D eigenvalue weighted by Gasteiger charge is -2.39. The highest BCUT2D eigenvalue weighted by molar-refractivity contribution is 6.01. The molecule has 8 heteroatoms. The molecule has 0 radical (unpaired) electrons. The van der Waals surface area contributed by atoms with E-state index in [0.29, 0.717) is 40.2 Å². The molecule has 5 rings (SSSR count). The summed E-state index contributed by atoms with van der Waals surface area (Å²) >= 11 is 0.